The number of hydrogen-bond acceptors (Lipinski definition) is 4. The number of likely N-dealkylation sites (tertiary alicyclic amines) is 1. The van der Waals surface area contributed by atoms with Gasteiger partial charge in [-0.2, -0.15) is 0 Å². The Morgan fingerprint density at radius 2 is 2.25 bits per heavy atom. The third kappa shape index (κ3) is 2.81. The summed E-state index contributed by atoms with van der Waals surface area (Å²) in [7, 11) is 4.28. The summed E-state index contributed by atoms with van der Waals surface area (Å²) in [5.74, 6) is 1.97. The second-order valence-corrected chi connectivity index (χ2v) is 6.24. The van der Waals surface area contributed by atoms with Gasteiger partial charge < -0.3 is 15.1 Å². The Balaban J connectivity index is 1.71. The first-order chi connectivity index (χ1) is 9.78. The van der Waals surface area contributed by atoms with Crippen molar-refractivity contribution in [1.82, 2.24) is 15.2 Å². The van der Waals surface area contributed by atoms with Crippen molar-refractivity contribution in [3.63, 3.8) is 0 Å². The van der Waals surface area contributed by atoms with Crippen molar-refractivity contribution >= 4 is 5.82 Å². The maximum absolute atomic E-state index is 4.59. The summed E-state index contributed by atoms with van der Waals surface area (Å²) in [6, 6.07) is 5.13. The summed E-state index contributed by atoms with van der Waals surface area (Å²) < 4.78 is 0. The van der Waals surface area contributed by atoms with E-state index < -0.39 is 0 Å². The Morgan fingerprint density at radius 1 is 1.35 bits per heavy atom. The molecule has 0 bridgehead atoms. The molecule has 0 aromatic carbocycles. The maximum Gasteiger partial charge on any atom is 0.128 e. The minimum Gasteiger partial charge on any atom is -0.356 e. The van der Waals surface area contributed by atoms with Crippen LogP contribution in [0.2, 0.25) is 0 Å². The van der Waals surface area contributed by atoms with Crippen molar-refractivity contribution in [2.45, 2.75) is 31.8 Å². The molecule has 1 N–H and O–H groups in total. The smallest absolute Gasteiger partial charge is 0.128 e. The highest BCUT2D eigenvalue weighted by molar-refractivity contribution is 5.41. The SMILES string of the molecule is CNCc1ccnc(N2CCC3C(CCCN3C)C2)c1. The molecular formula is C16H26N4. The summed E-state index contributed by atoms with van der Waals surface area (Å²) in [5.41, 5.74) is 1.32. The summed E-state index contributed by atoms with van der Waals surface area (Å²) in [5, 5.41) is 3.21. The van der Waals surface area contributed by atoms with Gasteiger partial charge in [-0.05, 0) is 63.5 Å². The number of aromatic nitrogens is 1. The first-order valence-corrected chi connectivity index (χ1v) is 7.82. The average molecular weight is 274 g/mol. The molecule has 2 aliphatic rings. The highest BCUT2D eigenvalue weighted by Gasteiger charge is 2.34. The van der Waals surface area contributed by atoms with Crippen LogP contribution in [0.4, 0.5) is 5.82 Å². The van der Waals surface area contributed by atoms with Gasteiger partial charge in [0.05, 0.1) is 0 Å². The molecule has 4 nitrogen and oxygen atoms in total. The fraction of sp³-hybridized carbons (Fsp3) is 0.688. The van der Waals surface area contributed by atoms with Crippen LogP contribution in [-0.4, -0.2) is 49.7 Å². The summed E-state index contributed by atoms with van der Waals surface area (Å²) in [6.45, 7) is 4.50. The Labute approximate surface area is 122 Å². The van der Waals surface area contributed by atoms with Gasteiger partial charge in [0.15, 0.2) is 0 Å². The van der Waals surface area contributed by atoms with E-state index in [1.807, 2.05) is 13.2 Å². The molecule has 0 aliphatic carbocycles. The molecule has 1 aromatic rings. The van der Waals surface area contributed by atoms with Crippen LogP contribution in [-0.2, 0) is 6.54 Å². The largest absolute Gasteiger partial charge is 0.356 e. The number of nitrogens with one attached hydrogen (secondary N) is 1. The fourth-order valence-electron chi connectivity index (χ4n) is 3.81. The van der Waals surface area contributed by atoms with Gasteiger partial charge in [-0.3, -0.25) is 0 Å². The van der Waals surface area contributed by atoms with Gasteiger partial charge in [0.2, 0.25) is 0 Å². The van der Waals surface area contributed by atoms with Crippen LogP contribution in [0.15, 0.2) is 18.3 Å². The van der Waals surface area contributed by atoms with Gasteiger partial charge in [0.1, 0.15) is 5.82 Å². The van der Waals surface area contributed by atoms with Gasteiger partial charge in [0.25, 0.3) is 0 Å². The molecule has 110 valence electrons. The molecule has 3 heterocycles. The second kappa shape index (κ2) is 6.10. The number of hydrogen-bond donors (Lipinski definition) is 1. The third-order valence-electron chi connectivity index (χ3n) is 4.86. The third-order valence-corrected chi connectivity index (χ3v) is 4.86. The summed E-state index contributed by atoms with van der Waals surface area (Å²) in [6.07, 6.45) is 5.95. The van der Waals surface area contributed by atoms with E-state index in [9.17, 15) is 0 Å². The zero-order valence-electron chi connectivity index (χ0n) is 12.7. The van der Waals surface area contributed by atoms with Crippen molar-refractivity contribution in [2.75, 3.05) is 38.6 Å². The van der Waals surface area contributed by atoms with Crippen molar-refractivity contribution in [1.29, 1.82) is 0 Å². The Kier molecular flexibility index (Phi) is 4.22. The molecular weight excluding hydrogens is 248 g/mol. The van der Waals surface area contributed by atoms with E-state index >= 15 is 0 Å². The van der Waals surface area contributed by atoms with Crippen molar-refractivity contribution in [3.8, 4) is 0 Å². The molecule has 2 atom stereocenters. The van der Waals surface area contributed by atoms with Gasteiger partial charge in [-0.15, -0.1) is 0 Å². The minimum atomic E-state index is 0.792. The average Bonchev–Trinajstić information content (AvgIpc) is 2.48. The lowest BCUT2D eigenvalue weighted by molar-refractivity contribution is 0.102. The predicted molar refractivity (Wildman–Crippen MR) is 83.0 cm³/mol. The van der Waals surface area contributed by atoms with E-state index in [1.54, 1.807) is 0 Å². The number of pyridine rings is 1. The first-order valence-electron chi connectivity index (χ1n) is 7.82. The Morgan fingerprint density at radius 3 is 3.10 bits per heavy atom. The molecule has 3 rings (SSSR count). The van der Waals surface area contributed by atoms with Crippen LogP contribution in [0, 0.1) is 5.92 Å². The summed E-state index contributed by atoms with van der Waals surface area (Å²) in [4.78, 5) is 9.64. The number of fused-ring (bicyclic) bond motifs is 1. The van der Waals surface area contributed by atoms with Gasteiger partial charge >= 0.3 is 0 Å². The van der Waals surface area contributed by atoms with E-state index in [2.05, 4.69) is 39.3 Å². The minimum absolute atomic E-state index is 0.792. The standard InChI is InChI=1S/C16H26N4/c1-17-11-13-5-7-18-16(10-13)20-9-6-15-14(12-20)4-3-8-19(15)2/h5,7,10,14-15,17H,3-4,6,8-9,11-12H2,1-2H3. The number of anilines is 1. The Hall–Kier alpha value is -1.13. The van der Waals surface area contributed by atoms with Crippen LogP contribution < -0.4 is 10.2 Å². The summed E-state index contributed by atoms with van der Waals surface area (Å²) >= 11 is 0. The molecule has 0 radical (unpaired) electrons. The molecule has 0 saturated carbocycles. The topological polar surface area (TPSA) is 31.4 Å². The molecule has 2 aliphatic heterocycles. The molecule has 0 spiro atoms. The van der Waals surface area contributed by atoms with E-state index in [0.29, 0.717) is 0 Å². The van der Waals surface area contributed by atoms with E-state index in [-0.39, 0.29) is 0 Å². The first kappa shape index (κ1) is 13.8. The lowest BCUT2D eigenvalue weighted by Gasteiger charge is -2.46. The number of nitrogens with zero attached hydrogens (tertiary/aromatic N) is 3. The van der Waals surface area contributed by atoms with Gasteiger partial charge in [0, 0.05) is 31.9 Å². The van der Waals surface area contributed by atoms with Crippen LogP contribution in [0.25, 0.3) is 0 Å². The molecule has 20 heavy (non-hydrogen) atoms. The van der Waals surface area contributed by atoms with Gasteiger partial charge in [-0.25, -0.2) is 4.98 Å². The highest BCUT2D eigenvalue weighted by Crippen LogP contribution is 2.31. The van der Waals surface area contributed by atoms with Crippen LogP contribution in [0.1, 0.15) is 24.8 Å². The fourth-order valence-corrected chi connectivity index (χ4v) is 3.81. The van der Waals surface area contributed by atoms with Crippen LogP contribution in [0.5, 0.6) is 0 Å². The number of piperidine rings is 2. The van der Waals surface area contributed by atoms with Crippen LogP contribution in [0.3, 0.4) is 0 Å². The van der Waals surface area contributed by atoms with Crippen molar-refractivity contribution in [3.05, 3.63) is 23.9 Å². The van der Waals surface area contributed by atoms with E-state index in [4.69, 9.17) is 0 Å². The maximum atomic E-state index is 4.59. The van der Waals surface area contributed by atoms with E-state index in [0.717, 1.165) is 30.9 Å². The van der Waals surface area contributed by atoms with Gasteiger partial charge in [-0.1, -0.05) is 0 Å². The molecule has 1 aromatic heterocycles. The quantitative estimate of drug-likeness (QED) is 0.909. The molecule has 2 unspecified atom stereocenters. The normalized spacial score (nSPS) is 27.4. The zero-order valence-corrected chi connectivity index (χ0v) is 12.7. The monoisotopic (exact) mass is 274 g/mol. The highest BCUT2D eigenvalue weighted by atomic mass is 15.2. The Bertz CT molecular complexity index is 448. The zero-order chi connectivity index (χ0) is 13.9. The second-order valence-electron chi connectivity index (χ2n) is 6.24. The molecule has 2 fully saturated rings. The van der Waals surface area contributed by atoms with Crippen molar-refractivity contribution in [2.24, 2.45) is 5.92 Å². The lowest BCUT2D eigenvalue weighted by atomic mass is 9.84. The molecule has 4 heteroatoms. The predicted octanol–water partition coefficient (Wildman–Crippen LogP) is 1.72. The molecule has 2 saturated heterocycles. The van der Waals surface area contributed by atoms with Crippen LogP contribution >= 0.6 is 0 Å². The van der Waals surface area contributed by atoms with Crippen molar-refractivity contribution < 1.29 is 0 Å². The lowest BCUT2D eigenvalue weighted by Crippen LogP contribution is -2.52. The molecule has 0 amide bonds. The van der Waals surface area contributed by atoms with E-state index in [1.165, 1.54) is 37.9 Å². The number of rotatable bonds is 3.